The molecule has 0 bridgehead atoms. The number of aromatic nitrogens is 4. The van der Waals surface area contributed by atoms with Gasteiger partial charge in [0.15, 0.2) is 0 Å². The molecule has 0 radical (unpaired) electrons. The van der Waals surface area contributed by atoms with Crippen molar-refractivity contribution in [2.24, 2.45) is 0 Å². The molecular formula is C26H32F2N6O3. The number of benzene rings is 2. The molecule has 0 spiro atoms. The van der Waals surface area contributed by atoms with Gasteiger partial charge in [-0.05, 0) is 81.3 Å². The normalized spacial score (nSPS) is 12.3. The molecule has 198 valence electrons. The minimum atomic E-state index is -1.02. The maximum atomic E-state index is 13.7. The van der Waals surface area contributed by atoms with Crippen LogP contribution in [0.1, 0.15) is 45.7 Å². The summed E-state index contributed by atoms with van der Waals surface area (Å²) < 4.78 is 32.4. The lowest BCUT2D eigenvalue weighted by atomic mass is 10.0. The number of carbonyl (C=O) groups excluding carboxylic acids is 2. The number of nitrogens with one attached hydrogen (secondary N) is 1. The van der Waals surface area contributed by atoms with Crippen LogP contribution >= 0.6 is 0 Å². The number of halogens is 2. The molecule has 0 aliphatic rings. The average Bonchev–Trinajstić information content (AvgIpc) is 3.29. The van der Waals surface area contributed by atoms with Gasteiger partial charge in [-0.25, -0.2) is 8.78 Å². The predicted octanol–water partition coefficient (Wildman–Crippen LogP) is 3.53. The van der Waals surface area contributed by atoms with Gasteiger partial charge in [-0.3, -0.25) is 9.59 Å². The van der Waals surface area contributed by atoms with Crippen LogP contribution in [0.4, 0.5) is 8.78 Å². The first-order valence-corrected chi connectivity index (χ1v) is 12.1. The third-order valence-corrected chi connectivity index (χ3v) is 5.29. The van der Waals surface area contributed by atoms with Gasteiger partial charge in [-0.1, -0.05) is 12.1 Å². The Bertz CT molecular complexity index is 1180. The maximum absolute atomic E-state index is 13.7. The van der Waals surface area contributed by atoms with Gasteiger partial charge in [0, 0.05) is 30.9 Å². The zero-order valence-electron chi connectivity index (χ0n) is 21.4. The first-order chi connectivity index (χ1) is 17.6. The van der Waals surface area contributed by atoms with Crippen molar-refractivity contribution in [2.45, 2.75) is 52.2 Å². The van der Waals surface area contributed by atoms with Gasteiger partial charge < -0.3 is 15.0 Å². The second-order valence-corrected chi connectivity index (χ2v) is 9.48. The van der Waals surface area contributed by atoms with Crippen molar-refractivity contribution in [2.75, 3.05) is 19.8 Å². The number of ether oxygens (including phenoxy) is 1. The molecule has 2 aromatic carbocycles. The Kier molecular flexibility index (Phi) is 9.40. The standard InChI is InChI=1S/C26H32F2N6O3/c1-5-37-16-6-15-33(23(25(36)29-26(2,3)4)18-7-11-20(27)12-8-18)22(35)17-34-31-24(30-32-34)19-9-13-21(28)14-10-19/h7-14,23H,5-6,15-17H2,1-4H3,(H,29,36)/t23-/m1/s1. The van der Waals surface area contributed by atoms with Gasteiger partial charge in [-0.2, -0.15) is 4.80 Å². The largest absolute Gasteiger partial charge is 0.382 e. The Morgan fingerprint density at radius 1 is 1.05 bits per heavy atom. The van der Waals surface area contributed by atoms with Gasteiger partial charge in [-0.15, -0.1) is 10.2 Å². The molecule has 1 heterocycles. The summed E-state index contributed by atoms with van der Waals surface area (Å²) in [6, 6.07) is 10.1. The van der Waals surface area contributed by atoms with E-state index in [-0.39, 0.29) is 18.9 Å². The molecule has 1 aromatic heterocycles. The first-order valence-electron chi connectivity index (χ1n) is 12.1. The van der Waals surface area contributed by atoms with Crippen molar-refractivity contribution in [1.82, 2.24) is 30.4 Å². The van der Waals surface area contributed by atoms with E-state index in [0.717, 1.165) is 4.80 Å². The number of hydrogen-bond acceptors (Lipinski definition) is 6. The second kappa shape index (κ2) is 12.5. The van der Waals surface area contributed by atoms with Crippen LogP contribution in [0.15, 0.2) is 48.5 Å². The molecule has 0 saturated carbocycles. The lowest BCUT2D eigenvalue weighted by Gasteiger charge is -2.33. The maximum Gasteiger partial charge on any atom is 0.247 e. The molecule has 9 nitrogen and oxygen atoms in total. The summed E-state index contributed by atoms with van der Waals surface area (Å²) in [6.45, 7) is 8.22. The second-order valence-electron chi connectivity index (χ2n) is 9.48. The fraction of sp³-hybridized carbons (Fsp3) is 0.423. The number of tetrazole rings is 1. The fourth-order valence-corrected chi connectivity index (χ4v) is 3.67. The van der Waals surface area contributed by atoms with E-state index in [9.17, 15) is 18.4 Å². The van der Waals surface area contributed by atoms with Crippen molar-refractivity contribution >= 4 is 11.8 Å². The van der Waals surface area contributed by atoms with Crippen LogP contribution in [0.25, 0.3) is 11.4 Å². The SMILES string of the molecule is CCOCCCN(C(=O)Cn1nnc(-c2ccc(F)cc2)n1)[C@@H](C(=O)NC(C)(C)C)c1ccc(F)cc1. The summed E-state index contributed by atoms with van der Waals surface area (Å²) in [4.78, 5) is 29.6. The lowest BCUT2D eigenvalue weighted by molar-refractivity contribution is -0.142. The van der Waals surface area contributed by atoms with Crippen LogP contribution in [0.5, 0.6) is 0 Å². The van der Waals surface area contributed by atoms with E-state index in [1.165, 1.54) is 53.4 Å². The van der Waals surface area contributed by atoms with Crippen LogP contribution in [-0.4, -0.2) is 62.2 Å². The molecule has 0 unspecified atom stereocenters. The zero-order chi connectivity index (χ0) is 27.0. The Hall–Kier alpha value is -3.73. The third kappa shape index (κ3) is 8.14. The van der Waals surface area contributed by atoms with E-state index in [4.69, 9.17) is 4.74 Å². The van der Waals surface area contributed by atoms with E-state index in [2.05, 4.69) is 20.7 Å². The summed E-state index contributed by atoms with van der Waals surface area (Å²) >= 11 is 0. The van der Waals surface area contributed by atoms with Gasteiger partial charge >= 0.3 is 0 Å². The highest BCUT2D eigenvalue weighted by atomic mass is 19.1. The van der Waals surface area contributed by atoms with E-state index < -0.39 is 35.0 Å². The first kappa shape index (κ1) is 27.9. The molecular weight excluding hydrogens is 482 g/mol. The van der Waals surface area contributed by atoms with Crippen LogP contribution < -0.4 is 5.32 Å². The smallest absolute Gasteiger partial charge is 0.247 e. The number of carbonyl (C=O) groups is 2. The van der Waals surface area contributed by atoms with E-state index in [0.29, 0.717) is 30.8 Å². The minimum Gasteiger partial charge on any atom is -0.382 e. The van der Waals surface area contributed by atoms with Crippen molar-refractivity contribution in [1.29, 1.82) is 0 Å². The van der Waals surface area contributed by atoms with Crippen LogP contribution in [0.3, 0.4) is 0 Å². The molecule has 1 atom stereocenters. The third-order valence-electron chi connectivity index (χ3n) is 5.29. The molecule has 1 N–H and O–H groups in total. The van der Waals surface area contributed by atoms with Crippen LogP contribution in [0.2, 0.25) is 0 Å². The highest BCUT2D eigenvalue weighted by Gasteiger charge is 2.33. The number of hydrogen-bond donors (Lipinski definition) is 1. The van der Waals surface area contributed by atoms with Crippen molar-refractivity contribution < 1.29 is 23.1 Å². The lowest BCUT2D eigenvalue weighted by Crippen LogP contribution is -2.50. The number of rotatable bonds is 11. The topological polar surface area (TPSA) is 102 Å². The predicted molar refractivity (Wildman–Crippen MR) is 133 cm³/mol. The van der Waals surface area contributed by atoms with Crippen LogP contribution in [-0.2, 0) is 20.9 Å². The molecule has 3 rings (SSSR count). The Balaban J connectivity index is 1.90. The summed E-state index contributed by atoms with van der Waals surface area (Å²) in [5.41, 5.74) is 0.446. The average molecular weight is 515 g/mol. The Morgan fingerprint density at radius 2 is 1.68 bits per heavy atom. The molecule has 0 saturated heterocycles. The molecule has 37 heavy (non-hydrogen) atoms. The monoisotopic (exact) mass is 514 g/mol. The number of amides is 2. The molecule has 0 aliphatic carbocycles. The van der Waals surface area contributed by atoms with Gasteiger partial charge in [0.1, 0.15) is 24.2 Å². The van der Waals surface area contributed by atoms with Gasteiger partial charge in [0.25, 0.3) is 0 Å². The highest BCUT2D eigenvalue weighted by Crippen LogP contribution is 2.24. The Labute approximate surface area is 214 Å². The zero-order valence-corrected chi connectivity index (χ0v) is 21.4. The molecule has 3 aromatic rings. The van der Waals surface area contributed by atoms with Crippen LogP contribution in [0, 0.1) is 11.6 Å². The Morgan fingerprint density at radius 3 is 2.27 bits per heavy atom. The van der Waals surface area contributed by atoms with Crippen molar-refractivity contribution in [3.05, 3.63) is 65.7 Å². The summed E-state index contributed by atoms with van der Waals surface area (Å²) in [5, 5.41) is 15.1. The minimum absolute atomic E-state index is 0.206. The van der Waals surface area contributed by atoms with E-state index in [1.54, 1.807) is 0 Å². The molecule has 2 amide bonds. The summed E-state index contributed by atoms with van der Waals surface area (Å²) in [7, 11) is 0. The number of nitrogens with zero attached hydrogens (tertiary/aromatic N) is 5. The van der Waals surface area contributed by atoms with Crippen molar-refractivity contribution in [3.8, 4) is 11.4 Å². The molecule has 0 fully saturated rings. The molecule has 11 heteroatoms. The highest BCUT2D eigenvalue weighted by molar-refractivity contribution is 5.89. The fourth-order valence-electron chi connectivity index (χ4n) is 3.67. The van der Waals surface area contributed by atoms with Gasteiger partial charge in [0.2, 0.25) is 17.6 Å². The van der Waals surface area contributed by atoms with E-state index in [1.807, 2.05) is 27.7 Å². The summed E-state index contributed by atoms with van der Waals surface area (Å²) in [6.07, 6.45) is 0.478. The van der Waals surface area contributed by atoms with Gasteiger partial charge in [0.05, 0.1) is 0 Å². The van der Waals surface area contributed by atoms with Crippen molar-refractivity contribution in [3.63, 3.8) is 0 Å². The van der Waals surface area contributed by atoms with E-state index >= 15 is 0 Å². The quantitative estimate of drug-likeness (QED) is 0.393. The molecule has 0 aliphatic heterocycles. The summed E-state index contributed by atoms with van der Waals surface area (Å²) in [5.74, 6) is -1.45.